The third kappa shape index (κ3) is 3.34. The zero-order valence-corrected chi connectivity index (χ0v) is 11.3. The van der Waals surface area contributed by atoms with Crippen molar-refractivity contribution in [2.75, 3.05) is 17.9 Å². The molecule has 19 heavy (non-hydrogen) atoms. The zero-order valence-electron chi connectivity index (χ0n) is 9.82. The molecule has 100 valence electrons. The number of hydrogen-bond donors (Lipinski definition) is 3. The molecule has 0 aliphatic heterocycles. The summed E-state index contributed by atoms with van der Waals surface area (Å²) in [6, 6.07) is 5.12. The van der Waals surface area contributed by atoms with Gasteiger partial charge in [-0.3, -0.25) is 5.43 Å². The van der Waals surface area contributed by atoms with Gasteiger partial charge in [0.25, 0.3) is 0 Å². The Morgan fingerprint density at radius 1 is 1.16 bits per heavy atom. The van der Waals surface area contributed by atoms with Crippen LogP contribution in [0.4, 0.5) is 17.6 Å². The van der Waals surface area contributed by atoms with Gasteiger partial charge in [0.1, 0.15) is 0 Å². The minimum atomic E-state index is 0.121. The first-order chi connectivity index (χ1) is 9.12. The molecule has 9 heteroatoms. The van der Waals surface area contributed by atoms with E-state index >= 15 is 0 Å². The number of halogens is 2. The summed E-state index contributed by atoms with van der Waals surface area (Å²) in [6.45, 7) is 0. The van der Waals surface area contributed by atoms with E-state index in [0.29, 0.717) is 15.7 Å². The number of methoxy groups -OCH3 is 1. The summed E-state index contributed by atoms with van der Waals surface area (Å²) in [5.74, 6) is 5.66. The Balaban J connectivity index is 2.31. The fourth-order valence-corrected chi connectivity index (χ4v) is 1.74. The van der Waals surface area contributed by atoms with Crippen molar-refractivity contribution in [3.63, 3.8) is 0 Å². The van der Waals surface area contributed by atoms with Crippen molar-refractivity contribution < 1.29 is 4.74 Å². The van der Waals surface area contributed by atoms with Crippen LogP contribution >= 0.6 is 23.2 Å². The fourth-order valence-electron chi connectivity index (χ4n) is 1.28. The maximum Gasteiger partial charge on any atom is 0.322 e. The molecule has 2 aromatic rings. The van der Waals surface area contributed by atoms with E-state index in [2.05, 4.69) is 25.7 Å². The van der Waals surface area contributed by atoms with Crippen LogP contribution in [0.15, 0.2) is 18.2 Å². The number of nitrogen functional groups attached to an aromatic ring is 1. The van der Waals surface area contributed by atoms with Crippen LogP contribution in [0.1, 0.15) is 0 Å². The van der Waals surface area contributed by atoms with Crippen LogP contribution < -0.4 is 21.3 Å². The lowest BCUT2D eigenvalue weighted by atomic mass is 10.3. The number of ether oxygens (including phenoxy) is 1. The highest BCUT2D eigenvalue weighted by molar-refractivity contribution is 6.36. The molecule has 0 saturated heterocycles. The van der Waals surface area contributed by atoms with Crippen molar-refractivity contribution in [3.05, 3.63) is 28.2 Å². The molecule has 1 heterocycles. The number of benzene rings is 1. The van der Waals surface area contributed by atoms with Gasteiger partial charge in [-0.2, -0.15) is 15.0 Å². The molecule has 0 aliphatic carbocycles. The molecule has 0 radical (unpaired) electrons. The van der Waals surface area contributed by atoms with Gasteiger partial charge in [0.05, 0.1) is 17.8 Å². The molecule has 0 saturated carbocycles. The molecular formula is C10H10Cl2N6O. The number of hydrogen-bond acceptors (Lipinski definition) is 7. The first kappa shape index (κ1) is 13.6. The molecule has 2 rings (SSSR count). The standard InChI is InChI=1S/C10H10Cl2N6O/c1-19-10-16-8(15-9(17-10)18-13)14-7-3-2-5(11)4-6(7)12/h2-4H,13H2,1H3,(H2,14,15,16,17,18). The van der Waals surface area contributed by atoms with Crippen molar-refractivity contribution in [3.8, 4) is 6.01 Å². The molecular weight excluding hydrogens is 291 g/mol. The van der Waals surface area contributed by atoms with E-state index in [0.717, 1.165) is 0 Å². The zero-order chi connectivity index (χ0) is 13.8. The predicted octanol–water partition coefficient (Wildman–Crippen LogP) is 2.22. The van der Waals surface area contributed by atoms with Gasteiger partial charge < -0.3 is 10.1 Å². The first-order valence-electron chi connectivity index (χ1n) is 5.11. The lowest BCUT2D eigenvalue weighted by Gasteiger charge is -2.09. The van der Waals surface area contributed by atoms with Crippen molar-refractivity contribution in [2.24, 2.45) is 5.84 Å². The van der Waals surface area contributed by atoms with Crippen LogP contribution in [0, 0.1) is 0 Å². The van der Waals surface area contributed by atoms with Gasteiger partial charge in [0.15, 0.2) is 0 Å². The minimum Gasteiger partial charge on any atom is -0.467 e. The van der Waals surface area contributed by atoms with Crippen LogP contribution in [-0.4, -0.2) is 22.1 Å². The molecule has 1 aromatic heterocycles. The number of rotatable bonds is 4. The highest BCUT2D eigenvalue weighted by atomic mass is 35.5. The number of hydrazine groups is 1. The summed E-state index contributed by atoms with van der Waals surface area (Å²) in [5, 5.41) is 3.89. The SMILES string of the molecule is COc1nc(NN)nc(Nc2ccc(Cl)cc2Cl)n1. The van der Waals surface area contributed by atoms with Crippen molar-refractivity contribution in [2.45, 2.75) is 0 Å². The Hall–Kier alpha value is -1.83. The van der Waals surface area contributed by atoms with Crippen molar-refractivity contribution >= 4 is 40.8 Å². The molecule has 0 aliphatic rings. The third-order valence-corrected chi connectivity index (χ3v) is 2.65. The highest BCUT2D eigenvalue weighted by Gasteiger charge is 2.08. The molecule has 0 spiro atoms. The largest absolute Gasteiger partial charge is 0.467 e. The summed E-state index contributed by atoms with van der Waals surface area (Å²) >= 11 is 11.9. The summed E-state index contributed by atoms with van der Waals surface area (Å²) in [7, 11) is 1.44. The summed E-state index contributed by atoms with van der Waals surface area (Å²) in [5.41, 5.74) is 2.91. The Kier molecular flexibility index (Phi) is 4.20. The number of nitrogens with zero attached hydrogens (tertiary/aromatic N) is 3. The maximum atomic E-state index is 6.04. The van der Waals surface area contributed by atoms with E-state index in [1.54, 1.807) is 18.2 Å². The van der Waals surface area contributed by atoms with E-state index in [1.165, 1.54) is 7.11 Å². The Bertz CT molecular complexity index is 572. The second-order valence-electron chi connectivity index (χ2n) is 3.36. The molecule has 0 atom stereocenters. The fraction of sp³-hybridized carbons (Fsp3) is 0.100. The van der Waals surface area contributed by atoms with E-state index in [9.17, 15) is 0 Å². The van der Waals surface area contributed by atoms with Gasteiger partial charge in [0.2, 0.25) is 11.9 Å². The quantitative estimate of drug-likeness (QED) is 0.588. The van der Waals surface area contributed by atoms with Crippen LogP contribution in [0.5, 0.6) is 6.01 Å². The topological polar surface area (TPSA) is 98.0 Å². The van der Waals surface area contributed by atoms with Crippen LogP contribution in [0.25, 0.3) is 0 Å². The second kappa shape index (κ2) is 5.87. The normalized spacial score (nSPS) is 10.1. The number of anilines is 3. The van der Waals surface area contributed by atoms with E-state index in [-0.39, 0.29) is 17.9 Å². The molecule has 0 amide bonds. The number of nitrogens with one attached hydrogen (secondary N) is 2. The molecule has 0 bridgehead atoms. The van der Waals surface area contributed by atoms with Gasteiger partial charge in [-0.1, -0.05) is 23.2 Å². The van der Waals surface area contributed by atoms with E-state index < -0.39 is 0 Å². The Morgan fingerprint density at radius 2 is 1.89 bits per heavy atom. The van der Waals surface area contributed by atoms with Gasteiger partial charge in [-0.05, 0) is 18.2 Å². The van der Waals surface area contributed by atoms with Gasteiger partial charge in [-0.25, -0.2) is 5.84 Å². The molecule has 0 fully saturated rings. The first-order valence-corrected chi connectivity index (χ1v) is 5.86. The lowest BCUT2D eigenvalue weighted by Crippen LogP contribution is -2.13. The average molecular weight is 301 g/mol. The minimum absolute atomic E-state index is 0.121. The molecule has 1 aromatic carbocycles. The lowest BCUT2D eigenvalue weighted by molar-refractivity contribution is 0.379. The van der Waals surface area contributed by atoms with Gasteiger partial charge in [-0.15, -0.1) is 0 Å². The third-order valence-electron chi connectivity index (χ3n) is 2.10. The number of aromatic nitrogens is 3. The van der Waals surface area contributed by atoms with Crippen LogP contribution in [-0.2, 0) is 0 Å². The smallest absolute Gasteiger partial charge is 0.322 e. The van der Waals surface area contributed by atoms with E-state index in [1.807, 2.05) is 0 Å². The van der Waals surface area contributed by atoms with Crippen LogP contribution in [0.2, 0.25) is 10.0 Å². The molecule has 0 unspecified atom stereocenters. The maximum absolute atomic E-state index is 6.04. The van der Waals surface area contributed by atoms with Gasteiger partial charge >= 0.3 is 6.01 Å². The van der Waals surface area contributed by atoms with Crippen molar-refractivity contribution in [1.29, 1.82) is 0 Å². The summed E-state index contributed by atoms with van der Waals surface area (Å²) in [6.07, 6.45) is 0. The Morgan fingerprint density at radius 3 is 2.53 bits per heavy atom. The highest BCUT2D eigenvalue weighted by Crippen LogP contribution is 2.27. The average Bonchev–Trinajstić information content (AvgIpc) is 2.41. The summed E-state index contributed by atoms with van der Waals surface area (Å²) in [4.78, 5) is 11.9. The molecule has 4 N–H and O–H groups in total. The predicted molar refractivity (Wildman–Crippen MR) is 73.9 cm³/mol. The Labute approximate surface area is 119 Å². The summed E-state index contributed by atoms with van der Waals surface area (Å²) < 4.78 is 4.93. The van der Waals surface area contributed by atoms with E-state index in [4.69, 9.17) is 33.8 Å². The van der Waals surface area contributed by atoms with Crippen LogP contribution in [0.3, 0.4) is 0 Å². The second-order valence-corrected chi connectivity index (χ2v) is 4.21. The monoisotopic (exact) mass is 300 g/mol. The van der Waals surface area contributed by atoms with Crippen molar-refractivity contribution in [1.82, 2.24) is 15.0 Å². The van der Waals surface area contributed by atoms with Gasteiger partial charge in [0, 0.05) is 5.02 Å². The molecule has 7 nitrogen and oxygen atoms in total. The number of nitrogens with two attached hydrogens (primary N) is 1.